The topological polar surface area (TPSA) is 69.6 Å². The predicted molar refractivity (Wildman–Crippen MR) is 32.2 cm³/mol. The highest BCUT2D eigenvalue weighted by Crippen LogP contribution is 1.97. The van der Waals surface area contributed by atoms with E-state index in [0.29, 0.717) is 0 Å². The van der Waals surface area contributed by atoms with E-state index in [1.54, 1.807) is 0 Å². The maximum atomic E-state index is 10.8. The molecule has 0 spiro atoms. The number of hydrogen-bond donors (Lipinski definition) is 2. The predicted octanol–water partition coefficient (Wildman–Crippen LogP) is -1.47. The quantitative estimate of drug-likeness (QED) is 0.436. The average molecular weight is 144 g/mol. The first-order chi connectivity index (χ1) is 4.63. The van der Waals surface area contributed by atoms with E-state index in [0.717, 1.165) is 4.90 Å². The standard InChI is InChI=1S/C5H8N2O3/c1-7-4(9)3(8)2-6-5(7)10/h3,8H,2H2,1H3,(H,6,10). The third-order valence-electron chi connectivity index (χ3n) is 1.37. The van der Waals surface area contributed by atoms with E-state index >= 15 is 0 Å². The van der Waals surface area contributed by atoms with Crippen LogP contribution in [0.4, 0.5) is 4.79 Å². The molecule has 1 fully saturated rings. The first-order valence-corrected chi connectivity index (χ1v) is 2.86. The number of carbonyl (C=O) groups excluding carboxylic acids is 2. The Morgan fingerprint density at radius 2 is 2.30 bits per heavy atom. The fourth-order valence-corrected chi connectivity index (χ4v) is 0.713. The average Bonchev–Trinajstić information content (AvgIpc) is 1.93. The van der Waals surface area contributed by atoms with Gasteiger partial charge in [-0.05, 0) is 0 Å². The summed E-state index contributed by atoms with van der Waals surface area (Å²) in [6.07, 6.45) is -1.08. The van der Waals surface area contributed by atoms with E-state index in [-0.39, 0.29) is 6.54 Å². The summed E-state index contributed by atoms with van der Waals surface area (Å²) in [5.41, 5.74) is 0. The highest BCUT2D eigenvalue weighted by Gasteiger charge is 2.29. The number of carbonyl (C=O) groups is 2. The molecule has 2 N–H and O–H groups in total. The van der Waals surface area contributed by atoms with Crippen molar-refractivity contribution in [2.24, 2.45) is 0 Å². The maximum absolute atomic E-state index is 10.8. The van der Waals surface area contributed by atoms with Crippen LogP contribution in [0.2, 0.25) is 0 Å². The Morgan fingerprint density at radius 3 is 2.80 bits per heavy atom. The van der Waals surface area contributed by atoms with Gasteiger partial charge in [0.15, 0.2) is 6.10 Å². The van der Waals surface area contributed by atoms with Crippen LogP contribution in [0.1, 0.15) is 0 Å². The molecule has 0 aromatic rings. The summed E-state index contributed by atoms with van der Waals surface area (Å²) in [5, 5.41) is 11.2. The van der Waals surface area contributed by atoms with Crippen LogP contribution in [0.3, 0.4) is 0 Å². The van der Waals surface area contributed by atoms with Crippen molar-refractivity contribution in [2.45, 2.75) is 6.10 Å². The number of nitrogens with one attached hydrogen (secondary N) is 1. The van der Waals surface area contributed by atoms with Gasteiger partial charge in [-0.1, -0.05) is 0 Å². The van der Waals surface area contributed by atoms with Gasteiger partial charge in [0.1, 0.15) is 0 Å². The van der Waals surface area contributed by atoms with Gasteiger partial charge in [-0.15, -0.1) is 0 Å². The van der Waals surface area contributed by atoms with Gasteiger partial charge >= 0.3 is 6.03 Å². The van der Waals surface area contributed by atoms with E-state index < -0.39 is 18.0 Å². The summed E-state index contributed by atoms with van der Waals surface area (Å²) >= 11 is 0. The first-order valence-electron chi connectivity index (χ1n) is 2.86. The van der Waals surface area contributed by atoms with Crippen molar-refractivity contribution in [1.29, 1.82) is 0 Å². The Hall–Kier alpha value is -1.10. The zero-order valence-electron chi connectivity index (χ0n) is 5.50. The summed E-state index contributed by atoms with van der Waals surface area (Å²) in [6.45, 7) is 0.0159. The van der Waals surface area contributed by atoms with Gasteiger partial charge in [-0.2, -0.15) is 0 Å². The molecule has 1 atom stereocenters. The number of rotatable bonds is 0. The molecule has 56 valence electrons. The fourth-order valence-electron chi connectivity index (χ4n) is 0.713. The lowest BCUT2D eigenvalue weighted by Crippen LogP contribution is -2.55. The van der Waals surface area contributed by atoms with Crippen molar-refractivity contribution < 1.29 is 14.7 Å². The molecule has 0 aliphatic carbocycles. The molecule has 0 aromatic heterocycles. The van der Waals surface area contributed by atoms with Crippen LogP contribution < -0.4 is 5.32 Å². The van der Waals surface area contributed by atoms with Crippen molar-refractivity contribution in [3.05, 3.63) is 0 Å². The minimum absolute atomic E-state index is 0.0159. The Morgan fingerprint density at radius 1 is 1.70 bits per heavy atom. The molecule has 0 saturated carbocycles. The van der Waals surface area contributed by atoms with Crippen LogP contribution in [0, 0.1) is 0 Å². The van der Waals surface area contributed by atoms with Crippen LogP contribution in [-0.2, 0) is 4.79 Å². The maximum Gasteiger partial charge on any atom is 0.324 e. The molecule has 0 bridgehead atoms. The van der Waals surface area contributed by atoms with E-state index in [1.165, 1.54) is 7.05 Å². The van der Waals surface area contributed by atoms with Gasteiger partial charge < -0.3 is 10.4 Å². The molecular formula is C5H8N2O3. The van der Waals surface area contributed by atoms with Crippen LogP contribution in [0.15, 0.2) is 0 Å². The molecule has 3 amide bonds. The number of hydrogen-bond acceptors (Lipinski definition) is 3. The lowest BCUT2D eigenvalue weighted by Gasteiger charge is -2.24. The van der Waals surface area contributed by atoms with Gasteiger partial charge in [0.25, 0.3) is 5.91 Å². The molecule has 1 unspecified atom stereocenters. The molecule has 1 aliphatic heterocycles. The van der Waals surface area contributed by atoms with E-state index in [9.17, 15) is 9.59 Å². The van der Waals surface area contributed by atoms with Gasteiger partial charge in [-0.3, -0.25) is 9.69 Å². The van der Waals surface area contributed by atoms with E-state index in [2.05, 4.69) is 5.32 Å². The van der Waals surface area contributed by atoms with Gasteiger partial charge in [0, 0.05) is 7.05 Å². The summed E-state index contributed by atoms with van der Waals surface area (Å²) in [5.74, 6) is -0.552. The van der Waals surface area contributed by atoms with Crippen LogP contribution in [0.25, 0.3) is 0 Å². The van der Waals surface area contributed by atoms with Crippen molar-refractivity contribution >= 4 is 11.9 Å². The number of aliphatic hydroxyl groups excluding tert-OH is 1. The van der Waals surface area contributed by atoms with Crippen LogP contribution >= 0.6 is 0 Å². The Labute approximate surface area is 57.6 Å². The number of urea groups is 1. The second-order valence-corrected chi connectivity index (χ2v) is 2.10. The number of amides is 3. The normalized spacial score (nSPS) is 26.6. The number of aliphatic hydroxyl groups is 1. The minimum atomic E-state index is -1.08. The molecular weight excluding hydrogens is 136 g/mol. The highest BCUT2D eigenvalue weighted by molar-refractivity contribution is 5.98. The van der Waals surface area contributed by atoms with Gasteiger partial charge in [0.2, 0.25) is 0 Å². The van der Waals surface area contributed by atoms with E-state index in [4.69, 9.17) is 5.11 Å². The Kier molecular flexibility index (Phi) is 1.58. The summed E-state index contributed by atoms with van der Waals surface area (Å²) in [7, 11) is 1.32. The highest BCUT2D eigenvalue weighted by atomic mass is 16.3. The molecule has 0 aromatic carbocycles. The second kappa shape index (κ2) is 2.26. The van der Waals surface area contributed by atoms with Crippen molar-refractivity contribution in [2.75, 3.05) is 13.6 Å². The van der Waals surface area contributed by atoms with Crippen molar-refractivity contribution in [3.8, 4) is 0 Å². The minimum Gasteiger partial charge on any atom is -0.381 e. The van der Waals surface area contributed by atoms with Crippen LogP contribution in [0.5, 0.6) is 0 Å². The third-order valence-corrected chi connectivity index (χ3v) is 1.37. The molecule has 1 saturated heterocycles. The Balaban J connectivity index is 2.70. The molecule has 5 nitrogen and oxygen atoms in total. The molecule has 0 radical (unpaired) electrons. The van der Waals surface area contributed by atoms with Crippen molar-refractivity contribution in [3.63, 3.8) is 0 Å². The first kappa shape index (κ1) is 7.01. The smallest absolute Gasteiger partial charge is 0.324 e. The second-order valence-electron chi connectivity index (χ2n) is 2.10. The summed E-state index contributed by atoms with van der Waals surface area (Å²) < 4.78 is 0. The van der Waals surface area contributed by atoms with Crippen molar-refractivity contribution in [1.82, 2.24) is 10.2 Å². The molecule has 10 heavy (non-hydrogen) atoms. The number of nitrogens with zero attached hydrogens (tertiary/aromatic N) is 1. The lowest BCUT2D eigenvalue weighted by molar-refractivity contribution is -0.137. The monoisotopic (exact) mass is 144 g/mol. The number of likely N-dealkylation sites (N-methyl/N-ethyl adjacent to an activating group) is 1. The number of imide groups is 1. The molecule has 1 heterocycles. The van der Waals surface area contributed by atoms with Gasteiger partial charge in [0.05, 0.1) is 6.54 Å². The summed E-state index contributed by atoms with van der Waals surface area (Å²) in [4.78, 5) is 22.2. The molecule has 1 rings (SSSR count). The zero-order chi connectivity index (χ0) is 7.72. The molecule has 1 aliphatic rings. The third kappa shape index (κ3) is 0.950. The SMILES string of the molecule is CN1C(=O)NCC(O)C1=O. The summed E-state index contributed by atoms with van der Waals surface area (Å²) in [6, 6.07) is -0.463. The molecule has 5 heteroatoms. The largest absolute Gasteiger partial charge is 0.381 e. The van der Waals surface area contributed by atoms with Gasteiger partial charge in [-0.25, -0.2) is 4.79 Å². The zero-order valence-corrected chi connectivity index (χ0v) is 5.50. The van der Waals surface area contributed by atoms with Crippen LogP contribution in [-0.4, -0.2) is 41.6 Å². The lowest BCUT2D eigenvalue weighted by atomic mass is 10.3. The number of β-amino-alcohol motifs (C(OH)–C–C–N with tert-alkyl or cyclic N) is 1. The van der Waals surface area contributed by atoms with E-state index in [1.807, 2.05) is 0 Å². The fraction of sp³-hybridized carbons (Fsp3) is 0.600. The Bertz CT molecular complexity index is 180.